The molecule has 1 aromatic carbocycles. The van der Waals surface area contributed by atoms with Crippen LogP contribution in [0.15, 0.2) is 29.3 Å². The van der Waals surface area contributed by atoms with Crippen LogP contribution >= 0.6 is 0 Å². The van der Waals surface area contributed by atoms with Gasteiger partial charge in [-0.15, -0.1) is 0 Å². The average molecular weight is 291 g/mol. The lowest BCUT2D eigenvalue weighted by Crippen LogP contribution is -2.38. The smallest absolute Gasteiger partial charge is 0.191 e. The number of aromatic hydroxyl groups is 1. The number of nitrogens with one attached hydrogen (secondary N) is 2. The van der Waals surface area contributed by atoms with Crippen molar-refractivity contribution in [3.63, 3.8) is 0 Å². The van der Waals surface area contributed by atoms with Gasteiger partial charge in [0.15, 0.2) is 5.96 Å². The van der Waals surface area contributed by atoms with Gasteiger partial charge < -0.3 is 15.7 Å². The van der Waals surface area contributed by atoms with Gasteiger partial charge in [-0.25, -0.2) is 0 Å². The van der Waals surface area contributed by atoms with Crippen LogP contribution in [-0.2, 0) is 6.42 Å². The molecular weight excluding hydrogens is 262 g/mol. The summed E-state index contributed by atoms with van der Waals surface area (Å²) in [6.45, 7) is 6.85. The van der Waals surface area contributed by atoms with Gasteiger partial charge in [-0.3, -0.25) is 4.99 Å². The van der Waals surface area contributed by atoms with Crippen molar-refractivity contribution in [1.29, 1.82) is 0 Å². The summed E-state index contributed by atoms with van der Waals surface area (Å²) in [5.74, 6) is 1.21. The molecule has 0 heterocycles. The topological polar surface area (TPSA) is 56.7 Å². The first-order valence-corrected chi connectivity index (χ1v) is 8.06. The molecule has 0 spiro atoms. The van der Waals surface area contributed by atoms with Gasteiger partial charge in [0.05, 0.1) is 0 Å². The van der Waals surface area contributed by atoms with Gasteiger partial charge in [0.2, 0.25) is 0 Å². The zero-order chi connectivity index (χ0) is 15.3. The van der Waals surface area contributed by atoms with Crippen LogP contribution < -0.4 is 10.6 Å². The van der Waals surface area contributed by atoms with Crippen LogP contribution in [0.3, 0.4) is 0 Å². The quantitative estimate of drug-likeness (QED) is 0.372. The minimum atomic E-state index is 0.323. The Bertz CT molecular complexity index is 418. The number of phenols is 1. The molecule has 0 unspecified atom stereocenters. The molecule has 1 rings (SSSR count). The number of rotatable bonds is 9. The maximum Gasteiger partial charge on any atom is 0.191 e. The van der Waals surface area contributed by atoms with E-state index in [2.05, 4.69) is 29.5 Å². The lowest BCUT2D eigenvalue weighted by atomic mass is 10.1. The zero-order valence-corrected chi connectivity index (χ0v) is 13.4. The van der Waals surface area contributed by atoms with E-state index in [0.717, 1.165) is 44.0 Å². The Kier molecular flexibility index (Phi) is 9.09. The van der Waals surface area contributed by atoms with Gasteiger partial charge in [-0.2, -0.15) is 0 Å². The lowest BCUT2D eigenvalue weighted by molar-refractivity contribution is 0.474. The van der Waals surface area contributed by atoms with E-state index in [1.807, 2.05) is 12.1 Å². The van der Waals surface area contributed by atoms with E-state index in [-0.39, 0.29) is 0 Å². The highest BCUT2D eigenvalue weighted by atomic mass is 16.3. The third-order valence-electron chi connectivity index (χ3n) is 3.24. The highest BCUT2D eigenvalue weighted by Gasteiger charge is 1.98. The van der Waals surface area contributed by atoms with Crippen molar-refractivity contribution in [2.75, 3.05) is 19.6 Å². The Morgan fingerprint density at radius 1 is 1.14 bits per heavy atom. The first kappa shape index (κ1) is 17.3. The fourth-order valence-electron chi connectivity index (χ4n) is 2.11. The predicted molar refractivity (Wildman–Crippen MR) is 89.9 cm³/mol. The Morgan fingerprint density at radius 3 is 2.71 bits per heavy atom. The van der Waals surface area contributed by atoms with E-state index in [1.54, 1.807) is 12.1 Å². The Balaban J connectivity index is 2.31. The van der Waals surface area contributed by atoms with Crippen LogP contribution in [0.2, 0.25) is 0 Å². The largest absolute Gasteiger partial charge is 0.508 e. The molecule has 21 heavy (non-hydrogen) atoms. The van der Waals surface area contributed by atoms with Gasteiger partial charge in [-0.1, -0.05) is 38.3 Å². The summed E-state index contributed by atoms with van der Waals surface area (Å²) in [5.41, 5.74) is 1.13. The van der Waals surface area contributed by atoms with E-state index in [1.165, 1.54) is 19.3 Å². The third kappa shape index (κ3) is 8.23. The van der Waals surface area contributed by atoms with Crippen molar-refractivity contribution in [3.05, 3.63) is 29.8 Å². The second-order valence-electron chi connectivity index (χ2n) is 5.17. The molecule has 0 aliphatic rings. The number of phenolic OH excluding ortho intramolecular Hbond substituents is 1. The average Bonchev–Trinajstić information content (AvgIpc) is 2.47. The fraction of sp³-hybridized carbons (Fsp3) is 0.588. The molecule has 0 fully saturated rings. The van der Waals surface area contributed by atoms with Crippen LogP contribution in [0.4, 0.5) is 0 Å². The molecule has 4 nitrogen and oxygen atoms in total. The van der Waals surface area contributed by atoms with Crippen LogP contribution in [0.1, 0.15) is 45.1 Å². The maximum absolute atomic E-state index is 9.44. The lowest BCUT2D eigenvalue weighted by Gasteiger charge is -2.11. The summed E-state index contributed by atoms with van der Waals surface area (Å²) in [6, 6.07) is 7.39. The van der Waals surface area contributed by atoms with Crippen molar-refractivity contribution < 1.29 is 5.11 Å². The highest BCUT2D eigenvalue weighted by Crippen LogP contribution is 2.10. The summed E-state index contributed by atoms with van der Waals surface area (Å²) >= 11 is 0. The van der Waals surface area contributed by atoms with Crippen molar-refractivity contribution >= 4 is 5.96 Å². The molecule has 0 aliphatic carbocycles. The van der Waals surface area contributed by atoms with Crippen LogP contribution in [0, 0.1) is 0 Å². The second kappa shape index (κ2) is 11.0. The van der Waals surface area contributed by atoms with E-state index in [4.69, 9.17) is 0 Å². The molecule has 0 saturated carbocycles. The second-order valence-corrected chi connectivity index (χ2v) is 5.17. The van der Waals surface area contributed by atoms with Gasteiger partial charge in [0.1, 0.15) is 5.75 Å². The SMILES string of the molecule is CCCCCCN=C(NCC)NCCc1cccc(O)c1. The number of nitrogens with zero attached hydrogens (tertiary/aromatic N) is 1. The summed E-state index contributed by atoms with van der Waals surface area (Å²) in [5, 5.41) is 16.0. The minimum absolute atomic E-state index is 0.323. The summed E-state index contributed by atoms with van der Waals surface area (Å²) in [7, 11) is 0. The number of unbranched alkanes of at least 4 members (excludes halogenated alkanes) is 3. The Hall–Kier alpha value is -1.71. The molecule has 0 amide bonds. The van der Waals surface area contributed by atoms with E-state index >= 15 is 0 Å². The number of hydrogen-bond donors (Lipinski definition) is 3. The normalized spacial score (nSPS) is 11.4. The molecule has 4 heteroatoms. The molecule has 0 bridgehead atoms. The third-order valence-corrected chi connectivity index (χ3v) is 3.24. The van der Waals surface area contributed by atoms with Crippen molar-refractivity contribution in [2.24, 2.45) is 4.99 Å². The molecule has 3 N–H and O–H groups in total. The number of benzene rings is 1. The van der Waals surface area contributed by atoms with Gasteiger partial charge in [0, 0.05) is 19.6 Å². The van der Waals surface area contributed by atoms with Crippen molar-refractivity contribution in [3.8, 4) is 5.75 Å². The predicted octanol–water partition coefficient (Wildman–Crippen LogP) is 3.07. The molecule has 0 aliphatic heterocycles. The molecule has 0 radical (unpaired) electrons. The summed E-state index contributed by atoms with van der Waals surface area (Å²) in [6.07, 6.45) is 5.82. The van der Waals surface area contributed by atoms with Gasteiger partial charge in [-0.05, 0) is 37.5 Å². The van der Waals surface area contributed by atoms with Crippen molar-refractivity contribution in [1.82, 2.24) is 10.6 Å². The first-order chi connectivity index (χ1) is 10.3. The van der Waals surface area contributed by atoms with E-state index in [0.29, 0.717) is 5.75 Å². The maximum atomic E-state index is 9.44. The first-order valence-electron chi connectivity index (χ1n) is 8.06. The Labute approximate surface area is 128 Å². The molecule has 1 aromatic rings. The molecule has 0 saturated heterocycles. The van der Waals surface area contributed by atoms with E-state index < -0.39 is 0 Å². The van der Waals surface area contributed by atoms with Crippen LogP contribution in [0.5, 0.6) is 5.75 Å². The van der Waals surface area contributed by atoms with Gasteiger partial charge >= 0.3 is 0 Å². The van der Waals surface area contributed by atoms with Crippen LogP contribution in [-0.4, -0.2) is 30.7 Å². The molecule has 0 aromatic heterocycles. The summed E-state index contributed by atoms with van der Waals surface area (Å²) in [4.78, 5) is 4.58. The fourth-order valence-corrected chi connectivity index (χ4v) is 2.11. The number of hydrogen-bond acceptors (Lipinski definition) is 2. The monoisotopic (exact) mass is 291 g/mol. The minimum Gasteiger partial charge on any atom is -0.508 e. The standard InChI is InChI=1S/C17H29N3O/c1-3-5-6-7-12-19-17(18-4-2)20-13-11-15-9-8-10-16(21)14-15/h8-10,14,21H,3-7,11-13H2,1-2H3,(H2,18,19,20). The molecular formula is C17H29N3O. The summed E-state index contributed by atoms with van der Waals surface area (Å²) < 4.78 is 0. The zero-order valence-electron chi connectivity index (χ0n) is 13.4. The highest BCUT2D eigenvalue weighted by molar-refractivity contribution is 5.79. The number of guanidine groups is 1. The molecule has 0 atom stereocenters. The van der Waals surface area contributed by atoms with Gasteiger partial charge in [0.25, 0.3) is 0 Å². The molecule has 118 valence electrons. The van der Waals surface area contributed by atoms with Crippen molar-refractivity contribution in [2.45, 2.75) is 46.0 Å². The van der Waals surface area contributed by atoms with Crippen LogP contribution in [0.25, 0.3) is 0 Å². The number of aliphatic imine (C=N–C) groups is 1. The van der Waals surface area contributed by atoms with E-state index in [9.17, 15) is 5.11 Å². The Morgan fingerprint density at radius 2 is 2.00 bits per heavy atom.